The lowest BCUT2D eigenvalue weighted by Crippen LogP contribution is -2.37. The monoisotopic (exact) mass is 360 g/mol. The van der Waals surface area contributed by atoms with E-state index in [9.17, 15) is 13.9 Å². The molecule has 3 aromatic heterocycles. The average molecular weight is 360 g/mol. The summed E-state index contributed by atoms with van der Waals surface area (Å²) in [6.07, 6.45) is 2.34. The zero-order valence-electron chi connectivity index (χ0n) is 14.0. The predicted octanol–water partition coefficient (Wildman–Crippen LogP) is 2.33. The number of aliphatic hydroxyl groups excluding tert-OH is 1. The van der Waals surface area contributed by atoms with Crippen LogP contribution in [-0.2, 0) is 0 Å². The maximum atomic E-state index is 13.0. The lowest BCUT2D eigenvalue weighted by atomic mass is 9.99. The Morgan fingerprint density at radius 3 is 2.92 bits per heavy atom. The second kappa shape index (κ2) is 6.91. The minimum Gasteiger partial charge on any atom is -0.396 e. The van der Waals surface area contributed by atoms with Gasteiger partial charge in [0.25, 0.3) is 6.43 Å². The Labute approximate surface area is 148 Å². The van der Waals surface area contributed by atoms with E-state index in [0.717, 1.165) is 31.7 Å². The summed E-state index contributed by atoms with van der Waals surface area (Å²) in [7, 11) is 0. The number of piperidine rings is 1. The van der Waals surface area contributed by atoms with Crippen LogP contribution in [0.1, 0.15) is 25.0 Å². The summed E-state index contributed by atoms with van der Waals surface area (Å²) >= 11 is 0. The molecule has 1 aliphatic heterocycles. The van der Waals surface area contributed by atoms with Crippen molar-refractivity contribution in [2.24, 2.45) is 5.92 Å². The molecule has 1 fully saturated rings. The van der Waals surface area contributed by atoms with Crippen LogP contribution in [0, 0.1) is 5.92 Å². The zero-order chi connectivity index (χ0) is 18.1. The molecule has 1 atom stereocenters. The van der Waals surface area contributed by atoms with Crippen molar-refractivity contribution in [3.63, 3.8) is 0 Å². The Morgan fingerprint density at radius 1 is 1.23 bits per heavy atom. The van der Waals surface area contributed by atoms with Crippen LogP contribution in [0.4, 0.5) is 14.6 Å². The Balaban J connectivity index is 1.70. The SMILES string of the molecule is OC[C@@H]1CCCN(c2cc(-c3cnc4ccc(C(F)F)nn34)ncn2)C1. The molecule has 1 aliphatic rings. The molecule has 4 rings (SSSR count). The maximum absolute atomic E-state index is 13.0. The predicted molar refractivity (Wildman–Crippen MR) is 91.0 cm³/mol. The highest BCUT2D eigenvalue weighted by Crippen LogP contribution is 2.26. The Bertz CT molecular complexity index is 915. The fourth-order valence-electron chi connectivity index (χ4n) is 3.26. The molecular weight excluding hydrogens is 342 g/mol. The molecule has 0 radical (unpaired) electrons. The van der Waals surface area contributed by atoms with Gasteiger partial charge in [-0.3, -0.25) is 0 Å². The number of nitrogens with zero attached hydrogens (tertiary/aromatic N) is 6. The number of fused-ring (bicyclic) bond motifs is 1. The molecule has 1 N–H and O–H groups in total. The third-order valence-electron chi connectivity index (χ3n) is 4.62. The summed E-state index contributed by atoms with van der Waals surface area (Å²) in [5, 5.41) is 13.4. The summed E-state index contributed by atoms with van der Waals surface area (Å²) in [4.78, 5) is 14.9. The van der Waals surface area contributed by atoms with E-state index in [-0.39, 0.29) is 18.2 Å². The quantitative estimate of drug-likeness (QED) is 0.769. The Kier molecular flexibility index (Phi) is 4.46. The molecular formula is C17H18F2N6O. The highest BCUT2D eigenvalue weighted by atomic mass is 19.3. The summed E-state index contributed by atoms with van der Waals surface area (Å²) in [5.74, 6) is 0.973. The van der Waals surface area contributed by atoms with Crippen molar-refractivity contribution in [1.29, 1.82) is 0 Å². The van der Waals surface area contributed by atoms with Gasteiger partial charge in [0.1, 0.15) is 23.5 Å². The average Bonchev–Trinajstić information content (AvgIpc) is 3.11. The maximum Gasteiger partial charge on any atom is 0.282 e. The van der Waals surface area contributed by atoms with Crippen molar-refractivity contribution in [3.8, 4) is 11.4 Å². The topological polar surface area (TPSA) is 79.4 Å². The van der Waals surface area contributed by atoms with Gasteiger partial charge < -0.3 is 10.0 Å². The van der Waals surface area contributed by atoms with Crippen molar-refractivity contribution in [2.45, 2.75) is 19.3 Å². The number of imidazole rings is 1. The summed E-state index contributed by atoms with van der Waals surface area (Å²) in [6.45, 7) is 1.74. The van der Waals surface area contributed by atoms with E-state index in [2.05, 4.69) is 25.0 Å². The van der Waals surface area contributed by atoms with Crippen LogP contribution in [0.25, 0.3) is 17.0 Å². The number of rotatable bonds is 4. The first-order valence-corrected chi connectivity index (χ1v) is 8.47. The normalized spacial score (nSPS) is 18.0. The number of aliphatic hydroxyl groups is 1. The van der Waals surface area contributed by atoms with Gasteiger partial charge in [-0.25, -0.2) is 28.2 Å². The van der Waals surface area contributed by atoms with Crippen LogP contribution < -0.4 is 4.90 Å². The number of anilines is 1. The number of alkyl halides is 2. The molecule has 4 heterocycles. The molecule has 0 bridgehead atoms. The van der Waals surface area contributed by atoms with Gasteiger partial charge in [-0.2, -0.15) is 5.10 Å². The Hall–Kier alpha value is -2.68. The van der Waals surface area contributed by atoms with E-state index in [0.29, 0.717) is 17.0 Å². The first kappa shape index (κ1) is 16.8. The second-order valence-corrected chi connectivity index (χ2v) is 6.37. The van der Waals surface area contributed by atoms with Gasteiger partial charge in [-0.1, -0.05) is 0 Å². The van der Waals surface area contributed by atoms with E-state index in [1.807, 2.05) is 0 Å². The summed E-state index contributed by atoms with van der Waals surface area (Å²) in [5.41, 5.74) is 1.25. The fraction of sp³-hybridized carbons (Fsp3) is 0.412. The molecule has 0 amide bonds. The van der Waals surface area contributed by atoms with Crippen LogP contribution in [0.2, 0.25) is 0 Å². The second-order valence-electron chi connectivity index (χ2n) is 6.37. The molecule has 9 heteroatoms. The van der Waals surface area contributed by atoms with Gasteiger partial charge in [0.2, 0.25) is 0 Å². The number of aromatic nitrogens is 5. The van der Waals surface area contributed by atoms with Gasteiger partial charge >= 0.3 is 0 Å². The first-order valence-electron chi connectivity index (χ1n) is 8.47. The number of hydrogen-bond donors (Lipinski definition) is 1. The van der Waals surface area contributed by atoms with Gasteiger partial charge in [-0.05, 0) is 30.9 Å². The van der Waals surface area contributed by atoms with Crippen molar-refractivity contribution < 1.29 is 13.9 Å². The number of halogens is 2. The minimum absolute atomic E-state index is 0.155. The molecule has 0 saturated carbocycles. The van der Waals surface area contributed by atoms with Crippen LogP contribution in [0.5, 0.6) is 0 Å². The fourth-order valence-corrected chi connectivity index (χ4v) is 3.26. The van der Waals surface area contributed by atoms with Crippen LogP contribution in [-0.4, -0.2) is 49.4 Å². The molecule has 1 saturated heterocycles. The third kappa shape index (κ3) is 3.10. The minimum atomic E-state index is -2.65. The highest BCUT2D eigenvalue weighted by molar-refractivity contribution is 5.62. The molecule has 0 unspecified atom stereocenters. The van der Waals surface area contributed by atoms with E-state index in [1.165, 1.54) is 23.0 Å². The van der Waals surface area contributed by atoms with E-state index < -0.39 is 6.43 Å². The lowest BCUT2D eigenvalue weighted by molar-refractivity contribution is 0.144. The largest absolute Gasteiger partial charge is 0.396 e. The summed E-state index contributed by atoms with van der Waals surface area (Å²) in [6, 6.07) is 4.58. The van der Waals surface area contributed by atoms with Crippen LogP contribution >= 0.6 is 0 Å². The lowest BCUT2D eigenvalue weighted by Gasteiger charge is -2.32. The third-order valence-corrected chi connectivity index (χ3v) is 4.62. The molecule has 0 aliphatic carbocycles. The van der Waals surface area contributed by atoms with Gasteiger partial charge in [-0.15, -0.1) is 0 Å². The first-order chi connectivity index (χ1) is 12.7. The Morgan fingerprint density at radius 2 is 2.12 bits per heavy atom. The van der Waals surface area contributed by atoms with Gasteiger partial charge in [0, 0.05) is 25.8 Å². The van der Waals surface area contributed by atoms with Gasteiger partial charge in [0.15, 0.2) is 5.65 Å². The molecule has 0 spiro atoms. The number of hydrogen-bond acceptors (Lipinski definition) is 6. The molecule has 7 nitrogen and oxygen atoms in total. The molecule has 3 aromatic rings. The highest BCUT2D eigenvalue weighted by Gasteiger charge is 2.21. The van der Waals surface area contributed by atoms with E-state index >= 15 is 0 Å². The zero-order valence-corrected chi connectivity index (χ0v) is 14.0. The van der Waals surface area contributed by atoms with Crippen LogP contribution in [0.3, 0.4) is 0 Å². The van der Waals surface area contributed by atoms with E-state index in [1.54, 1.807) is 12.3 Å². The van der Waals surface area contributed by atoms with Crippen molar-refractivity contribution in [1.82, 2.24) is 24.6 Å². The van der Waals surface area contributed by atoms with Crippen molar-refractivity contribution >= 4 is 11.5 Å². The molecule has 0 aromatic carbocycles. The smallest absolute Gasteiger partial charge is 0.282 e. The standard InChI is InChI=1S/C17H18F2N6O/c18-17(19)12-3-4-15-20-7-14(25(15)23-12)13-6-16(22-10-21-13)24-5-1-2-11(8-24)9-26/h3-4,6-7,10-11,17,26H,1-2,5,8-9H2/t11-/m1/s1. The summed E-state index contributed by atoms with van der Waals surface area (Å²) < 4.78 is 27.3. The van der Waals surface area contributed by atoms with Crippen molar-refractivity contribution in [2.75, 3.05) is 24.6 Å². The molecule has 136 valence electrons. The van der Waals surface area contributed by atoms with Gasteiger partial charge in [0.05, 0.1) is 11.9 Å². The van der Waals surface area contributed by atoms with E-state index in [4.69, 9.17) is 0 Å². The van der Waals surface area contributed by atoms with Crippen molar-refractivity contribution in [3.05, 3.63) is 36.4 Å². The van der Waals surface area contributed by atoms with Crippen LogP contribution in [0.15, 0.2) is 30.7 Å². The molecule has 26 heavy (non-hydrogen) atoms.